The molecule has 2 aromatic heterocycles. The highest BCUT2D eigenvalue weighted by Gasteiger charge is 2.27. The van der Waals surface area contributed by atoms with Gasteiger partial charge in [0.15, 0.2) is 5.65 Å². The molecule has 1 aromatic carbocycles. The summed E-state index contributed by atoms with van der Waals surface area (Å²) < 4.78 is 13.2. The molecule has 7 nitrogen and oxygen atoms in total. The Morgan fingerprint density at radius 3 is 2.79 bits per heavy atom. The van der Waals surface area contributed by atoms with Crippen molar-refractivity contribution < 1.29 is 14.3 Å². The molecule has 2 N–H and O–H groups in total. The predicted molar refractivity (Wildman–Crippen MR) is 108 cm³/mol. The Hall–Kier alpha value is -2.67. The minimum atomic E-state index is -0.446. The van der Waals surface area contributed by atoms with Crippen molar-refractivity contribution >= 4 is 34.0 Å². The molecule has 0 radical (unpaired) electrons. The van der Waals surface area contributed by atoms with Gasteiger partial charge in [0.25, 0.3) is 0 Å². The second kappa shape index (κ2) is 7.75. The van der Waals surface area contributed by atoms with Gasteiger partial charge in [0.05, 0.1) is 30.3 Å². The number of benzene rings is 1. The van der Waals surface area contributed by atoms with Crippen LogP contribution in [0.4, 0.5) is 5.82 Å². The number of rotatable bonds is 6. The molecule has 0 spiro atoms. The number of nitrogen functional groups attached to an aromatic ring is 1. The summed E-state index contributed by atoms with van der Waals surface area (Å²) in [6, 6.07) is 7.60. The fourth-order valence-electron chi connectivity index (χ4n) is 3.50. The van der Waals surface area contributed by atoms with Crippen LogP contribution in [0.5, 0.6) is 0 Å². The summed E-state index contributed by atoms with van der Waals surface area (Å²) in [4.78, 5) is 22.3. The Bertz CT molecular complexity index is 1010. The number of carbonyl (C=O) groups is 1. The smallest absolute Gasteiger partial charge is 0.344 e. The largest absolute Gasteiger partial charge is 0.462 e. The summed E-state index contributed by atoms with van der Waals surface area (Å²) in [7, 11) is 0. The maximum atomic E-state index is 12.9. The molecule has 1 fully saturated rings. The van der Waals surface area contributed by atoms with E-state index in [1.54, 1.807) is 0 Å². The maximum Gasteiger partial charge on any atom is 0.344 e. The number of aromatic nitrogens is 3. The number of hydrogen-bond donors (Lipinski definition) is 1. The molecular formula is C21H26N4O3. The summed E-state index contributed by atoms with van der Waals surface area (Å²) in [5.41, 5.74) is 9.30. The van der Waals surface area contributed by atoms with Crippen molar-refractivity contribution in [1.82, 2.24) is 14.5 Å². The van der Waals surface area contributed by atoms with Crippen LogP contribution in [0.1, 0.15) is 43.5 Å². The van der Waals surface area contributed by atoms with Gasteiger partial charge in [0.2, 0.25) is 0 Å². The fourth-order valence-corrected chi connectivity index (χ4v) is 3.50. The lowest BCUT2D eigenvalue weighted by molar-refractivity contribution is 0.0450. The molecule has 148 valence electrons. The molecule has 0 aliphatic carbocycles. The number of ether oxygens (including phenoxy) is 2. The van der Waals surface area contributed by atoms with Crippen molar-refractivity contribution in [3.63, 3.8) is 0 Å². The Morgan fingerprint density at radius 2 is 2.11 bits per heavy atom. The molecule has 0 unspecified atom stereocenters. The van der Waals surface area contributed by atoms with Crippen molar-refractivity contribution in [3.8, 4) is 0 Å². The molecule has 0 bridgehead atoms. The van der Waals surface area contributed by atoms with Crippen LogP contribution in [0, 0.1) is 5.92 Å². The summed E-state index contributed by atoms with van der Waals surface area (Å²) >= 11 is 0. The van der Waals surface area contributed by atoms with Gasteiger partial charge in [0.1, 0.15) is 16.9 Å². The Balaban J connectivity index is 1.81. The van der Waals surface area contributed by atoms with Gasteiger partial charge in [-0.2, -0.15) is 0 Å². The first kappa shape index (κ1) is 18.7. The van der Waals surface area contributed by atoms with E-state index in [1.807, 2.05) is 35.8 Å². The normalized spacial score (nSPS) is 18.0. The third kappa shape index (κ3) is 3.42. The number of anilines is 1. The van der Waals surface area contributed by atoms with Gasteiger partial charge in [-0.05, 0) is 30.9 Å². The van der Waals surface area contributed by atoms with E-state index in [2.05, 4.69) is 6.92 Å². The second-order valence-electron chi connectivity index (χ2n) is 7.50. The number of fused-ring (bicyclic) bond motifs is 2. The van der Waals surface area contributed by atoms with Crippen molar-refractivity contribution in [2.24, 2.45) is 5.92 Å². The van der Waals surface area contributed by atoms with Gasteiger partial charge in [0, 0.05) is 6.61 Å². The molecule has 3 heterocycles. The average molecular weight is 382 g/mol. The highest BCUT2D eigenvalue weighted by Crippen LogP contribution is 2.30. The summed E-state index contributed by atoms with van der Waals surface area (Å²) in [5, 5.41) is 0. The zero-order valence-electron chi connectivity index (χ0n) is 16.4. The molecule has 1 saturated heterocycles. The zero-order valence-corrected chi connectivity index (χ0v) is 16.4. The quantitative estimate of drug-likeness (QED) is 0.656. The van der Waals surface area contributed by atoms with Crippen molar-refractivity contribution in [2.75, 3.05) is 18.9 Å². The van der Waals surface area contributed by atoms with E-state index in [4.69, 9.17) is 25.2 Å². The first-order chi connectivity index (χ1) is 13.6. The molecule has 3 aromatic rings. The first-order valence-corrected chi connectivity index (χ1v) is 9.91. The van der Waals surface area contributed by atoms with Crippen LogP contribution >= 0.6 is 0 Å². The average Bonchev–Trinajstić information content (AvgIpc) is 3.31. The number of nitrogens with two attached hydrogens (primary N) is 1. The minimum Gasteiger partial charge on any atom is -0.462 e. The van der Waals surface area contributed by atoms with E-state index in [-0.39, 0.29) is 12.0 Å². The minimum absolute atomic E-state index is 0.0650. The molecule has 1 aliphatic heterocycles. The lowest BCUT2D eigenvalue weighted by Crippen LogP contribution is -2.18. The standard InChI is InChI=1S/C21H26N4O3/c1-3-13(2)12-28-21(26)17-18-20(24-16-9-5-4-8-15(16)23-18)25(19(17)22)11-14-7-6-10-27-14/h4-5,8-9,13-14H,3,6-7,10-12,22H2,1-2H3/t13-,14-/m0/s1. The molecule has 28 heavy (non-hydrogen) atoms. The van der Waals surface area contributed by atoms with Crippen LogP contribution in [0.15, 0.2) is 24.3 Å². The van der Waals surface area contributed by atoms with E-state index in [0.29, 0.717) is 35.7 Å². The van der Waals surface area contributed by atoms with E-state index >= 15 is 0 Å². The van der Waals surface area contributed by atoms with Crippen LogP contribution < -0.4 is 5.73 Å². The molecular weight excluding hydrogens is 356 g/mol. The van der Waals surface area contributed by atoms with Gasteiger partial charge in [-0.25, -0.2) is 14.8 Å². The topological polar surface area (TPSA) is 92.3 Å². The lowest BCUT2D eigenvalue weighted by Gasteiger charge is -2.13. The fraction of sp³-hybridized carbons (Fsp3) is 0.476. The number of carbonyl (C=O) groups excluding carboxylic acids is 1. The van der Waals surface area contributed by atoms with E-state index in [0.717, 1.165) is 36.9 Å². The molecule has 2 atom stereocenters. The Labute approximate surface area is 163 Å². The monoisotopic (exact) mass is 382 g/mol. The van der Waals surface area contributed by atoms with Gasteiger partial charge in [-0.1, -0.05) is 32.4 Å². The van der Waals surface area contributed by atoms with Crippen molar-refractivity contribution in [2.45, 2.75) is 45.8 Å². The van der Waals surface area contributed by atoms with Crippen molar-refractivity contribution in [1.29, 1.82) is 0 Å². The Morgan fingerprint density at radius 1 is 1.36 bits per heavy atom. The van der Waals surface area contributed by atoms with Gasteiger partial charge < -0.3 is 19.8 Å². The summed E-state index contributed by atoms with van der Waals surface area (Å²) in [6.07, 6.45) is 3.00. The first-order valence-electron chi connectivity index (χ1n) is 9.91. The number of esters is 1. The highest BCUT2D eigenvalue weighted by molar-refractivity contribution is 6.08. The second-order valence-corrected chi connectivity index (χ2v) is 7.50. The van der Waals surface area contributed by atoms with E-state index < -0.39 is 5.97 Å². The van der Waals surface area contributed by atoms with E-state index in [9.17, 15) is 4.79 Å². The van der Waals surface area contributed by atoms with Gasteiger partial charge in [-0.3, -0.25) is 0 Å². The third-order valence-electron chi connectivity index (χ3n) is 5.40. The summed E-state index contributed by atoms with van der Waals surface area (Å²) in [6.45, 7) is 5.77. The van der Waals surface area contributed by atoms with Crippen LogP contribution in [-0.2, 0) is 16.0 Å². The molecule has 0 amide bonds. The van der Waals surface area contributed by atoms with E-state index in [1.165, 1.54) is 0 Å². The number of para-hydroxylation sites is 2. The van der Waals surface area contributed by atoms with Crippen LogP contribution in [-0.4, -0.2) is 39.8 Å². The maximum absolute atomic E-state index is 12.9. The molecule has 1 aliphatic rings. The number of nitrogens with zero attached hydrogens (tertiary/aromatic N) is 3. The zero-order chi connectivity index (χ0) is 19.7. The summed E-state index contributed by atoms with van der Waals surface area (Å²) in [5.74, 6) is 0.186. The van der Waals surface area contributed by atoms with Crippen LogP contribution in [0.3, 0.4) is 0 Å². The lowest BCUT2D eigenvalue weighted by atomic mass is 10.1. The molecule has 7 heteroatoms. The van der Waals surface area contributed by atoms with Gasteiger partial charge in [-0.15, -0.1) is 0 Å². The highest BCUT2D eigenvalue weighted by atomic mass is 16.5. The third-order valence-corrected chi connectivity index (χ3v) is 5.40. The Kier molecular flexibility index (Phi) is 5.17. The van der Waals surface area contributed by atoms with Crippen molar-refractivity contribution in [3.05, 3.63) is 29.8 Å². The van der Waals surface area contributed by atoms with Crippen LogP contribution in [0.25, 0.3) is 22.2 Å². The molecule has 0 saturated carbocycles. The van der Waals surface area contributed by atoms with Gasteiger partial charge >= 0.3 is 5.97 Å². The SMILES string of the molecule is CC[C@H](C)COC(=O)c1c(N)n(C[C@@H]2CCCO2)c2nc3ccccc3nc12. The molecule has 4 rings (SSSR count). The van der Waals surface area contributed by atoms with Crippen LogP contribution in [0.2, 0.25) is 0 Å². The number of hydrogen-bond acceptors (Lipinski definition) is 6. The predicted octanol–water partition coefficient (Wildman–Crippen LogP) is 3.55.